The first-order valence-electron chi connectivity index (χ1n) is 7.76. The summed E-state index contributed by atoms with van der Waals surface area (Å²) in [6.07, 6.45) is 0. The van der Waals surface area contributed by atoms with Crippen molar-refractivity contribution in [2.24, 2.45) is 0 Å². The van der Waals surface area contributed by atoms with Crippen molar-refractivity contribution in [1.82, 2.24) is 19.7 Å². The first-order chi connectivity index (χ1) is 12.0. The largest absolute Gasteiger partial charge is 0.471 e. The van der Waals surface area contributed by atoms with Crippen molar-refractivity contribution in [2.45, 2.75) is 25.0 Å². The average molecular weight is 356 g/mol. The Bertz CT molecular complexity index is 1030. The average Bonchev–Trinajstić information content (AvgIpc) is 3.04. The van der Waals surface area contributed by atoms with Crippen LogP contribution < -0.4 is 9.46 Å². The summed E-state index contributed by atoms with van der Waals surface area (Å²) in [5.41, 5.74) is 3.35. The molecular formula is C17H16N4O3S. The van der Waals surface area contributed by atoms with Gasteiger partial charge < -0.3 is 4.74 Å². The smallest absolute Gasteiger partial charge is 0.242 e. The fourth-order valence-corrected chi connectivity index (χ4v) is 3.65. The lowest BCUT2D eigenvalue weighted by Crippen LogP contribution is -2.24. The van der Waals surface area contributed by atoms with E-state index in [1.54, 1.807) is 28.9 Å². The Balaban J connectivity index is 1.57. The number of hydrogen-bond acceptors (Lipinski definition) is 5. The summed E-state index contributed by atoms with van der Waals surface area (Å²) in [6, 6.07) is 14.4. The van der Waals surface area contributed by atoms with Gasteiger partial charge in [-0.05, 0) is 25.1 Å². The van der Waals surface area contributed by atoms with Crippen LogP contribution in [-0.4, -0.2) is 23.4 Å². The monoisotopic (exact) mass is 356 g/mol. The van der Waals surface area contributed by atoms with Crippen LogP contribution in [-0.2, 0) is 23.2 Å². The Morgan fingerprint density at radius 1 is 1.16 bits per heavy atom. The number of nitrogens with one attached hydrogen (secondary N) is 1. The minimum atomic E-state index is -3.62. The molecule has 25 heavy (non-hydrogen) atoms. The third-order valence-corrected chi connectivity index (χ3v) is 5.46. The summed E-state index contributed by atoms with van der Waals surface area (Å²) >= 11 is 0. The Labute approximate surface area is 145 Å². The van der Waals surface area contributed by atoms with Gasteiger partial charge in [-0.25, -0.2) is 13.1 Å². The molecule has 1 N–H and O–H groups in total. The van der Waals surface area contributed by atoms with Crippen LogP contribution in [0.5, 0.6) is 5.88 Å². The maximum Gasteiger partial charge on any atom is 0.242 e. The first kappa shape index (κ1) is 15.8. The quantitative estimate of drug-likeness (QED) is 0.772. The maximum absolute atomic E-state index is 12.4. The van der Waals surface area contributed by atoms with Gasteiger partial charge in [-0.1, -0.05) is 41.1 Å². The molecule has 8 heteroatoms. The zero-order chi connectivity index (χ0) is 17.4. The molecule has 7 nitrogen and oxygen atoms in total. The molecule has 1 aliphatic heterocycles. The summed E-state index contributed by atoms with van der Waals surface area (Å²) in [4.78, 5) is 0.213. The molecule has 0 amide bonds. The van der Waals surface area contributed by atoms with Gasteiger partial charge in [0.2, 0.25) is 15.9 Å². The van der Waals surface area contributed by atoms with Gasteiger partial charge >= 0.3 is 0 Å². The summed E-state index contributed by atoms with van der Waals surface area (Å²) in [5, 5.41) is 8.16. The van der Waals surface area contributed by atoms with E-state index in [1.807, 2.05) is 31.2 Å². The van der Waals surface area contributed by atoms with Crippen LogP contribution in [0.2, 0.25) is 0 Å². The van der Waals surface area contributed by atoms with Crippen molar-refractivity contribution in [1.29, 1.82) is 0 Å². The summed E-state index contributed by atoms with van der Waals surface area (Å²) < 4.78 is 34.6. The molecule has 4 rings (SSSR count). The molecule has 0 unspecified atom stereocenters. The zero-order valence-electron chi connectivity index (χ0n) is 13.5. The predicted octanol–water partition coefficient (Wildman–Crippen LogP) is 1.95. The Kier molecular flexibility index (Phi) is 3.78. The van der Waals surface area contributed by atoms with E-state index in [4.69, 9.17) is 4.74 Å². The number of nitrogens with zero attached hydrogens (tertiary/aromatic N) is 3. The van der Waals surface area contributed by atoms with Gasteiger partial charge in [0, 0.05) is 5.56 Å². The number of aromatic nitrogens is 3. The summed E-state index contributed by atoms with van der Waals surface area (Å²) in [7, 11) is -3.62. The lowest BCUT2D eigenvalue weighted by molar-refractivity contribution is 0.268. The molecule has 2 heterocycles. The number of hydrogen-bond donors (Lipinski definition) is 1. The van der Waals surface area contributed by atoms with Crippen LogP contribution in [0, 0.1) is 6.92 Å². The van der Waals surface area contributed by atoms with Gasteiger partial charge in [0.15, 0.2) is 0 Å². The van der Waals surface area contributed by atoms with E-state index >= 15 is 0 Å². The molecule has 0 atom stereocenters. The molecular weight excluding hydrogens is 340 g/mol. The van der Waals surface area contributed by atoms with E-state index in [9.17, 15) is 8.42 Å². The minimum absolute atomic E-state index is 0.00765. The van der Waals surface area contributed by atoms with E-state index in [2.05, 4.69) is 15.0 Å². The molecule has 0 radical (unpaired) electrons. The third-order valence-electron chi connectivity index (χ3n) is 4.04. The van der Waals surface area contributed by atoms with Gasteiger partial charge in [0.1, 0.15) is 12.3 Å². The molecule has 0 saturated heterocycles. The fraction of sp³-hybridized carbons (Fsp3) is 0.176. The number of fused-ring (bicyclic) bond motifs is 3. The van der Waals surface area contributed by atoms with Crippen LogP contribution in [0.3, 0.4) is 0 Å². The van der Waals surface area contributed by atoms with Gasteiger partial charge in [-0.2, -0.15) is 4.68 Å². The van der Waals surface area contributed by atoms with Crippen LogP contribution in [0.25, 0.3) is 5.69 Å². The van der Waals surface area contributed by atoms with Crippen LogP contribution in [0.4, 0.5) is 0 Å². The van der Waals surface area contributed by atoms with Crippen molar-refractivity contribution in [3.8, 4) is 11.6 Å². The Morgan fingerprint density at radius 3 is 2.72 bits per heavy atom. The highest BCUT2D eigenvalue weighted by molar-refractivity contribution is 7.89. The van der Waals surface area contributed by atoms with Gasteiger partial charge in [-0.15, -0.1) is 5.10 Å². The zero-order valence-corrected chi connectivity index (χ0v) is 14.3. The van der Waals surface area contributed by atoms with Gasteiger partial charge in [0.25, 0.3) is 0 Å². The van der Waals surface area contributed by atoms with E-state index in [-0.39, 0.29) is 11.4 Å². The standard InChI is InChI=1S/C17H16N4O3S/c1-12-6-8-14(9-7-12)25(22,23)18-10-15-17-21(20-19-15)16-5-3-2-4-13(16)11-24-17/h2-9,18H,10-11H2,1H3. The van der Waals surface area contributed by atoms with Crippen LogP contribution >= 0.6 is 0 Å². The maximum atomic E-state index is 12.4. The van der Waals surface area contributed by atoms with Crippen molar-refractivity contribution in [3.05, 3.63) is 65.4 Å². The van der Waals surface area contributed by atoms with Crippen LogP contribution in [0.1, 0.15) is 16.8 Å². The number of sulfonamides is 1. The molecule has 2 aromatic carbocycles. The molecule has 1 aromatic heterocycles. The van der Waals surface area contributed by atoms with Crippen molar-refractivity contribution in [3.63, 3.8) is 0 Å². The third kappa shape index (κ3) is 2.90. The highest BCUT2D eigenvalue weighted by atomic mass is 32.2. The second-order valence-corrected chi connectivity index (χ2v) is 7.58. The van der Waals surface area contributed by atoms with Crippen molar-refractivity contribution >= 4 is 10.0 Å². The van der Waals surface area contributed by atoms with Gasteiger partial charge in [0.05, 0.1) is 17.1 Å². The van der Waals surface area contributed by atoms with E-state index in [1.165, 1.54) is 0 Å². The second-order valence-electron chi connectivity index (χ2n) is 5.81. The Morgan fingerprint density at radius 2 is 1.92 bits per heavy atom. The minimum Gasteiger partial charge on any atom is -0.471 e. The summed E-state index contributed by atoms with van der Waals surface area (Å²) in [6.45, 7) is 2.32. The molecule has 3 aromatic rings. The SMILES string of the molecule is Cc1ccc(S(=O)(=O)NCc2nnn3c2OCc2ccccc2-3)cc1. The Hall–Kier alpha value is -2.71. The van der Waals surface area contributed by atoms with Crippen molar-refractivity contribution < 1.29 is 13.2 Å². The number of benzene rings is 2. The fourth-order valence-electron chi connectivity index (χ4n) is 2.67. The molecule has 0 bridgehead atoms. The normalized spacial score (nSPS) is 13.0. The van der Waals surface area contributed by atoms with Gasteiger partial charge in [-0.3, -0.25) is 0 Å². The molecule has 128 valence electrons. The van der Waals surface area contributed by atoms with E-state index in [0.717, 1.165) is 16.8 Å². The summed E-state index contributed by atoms with van der Waals surface area (Å²) in [5.74, 6) is 0.463. The van der Waals surface area contributed by atoms with Crippen molar-refractivity contribution in [2.75, 3.05) is 0 Å². The number of ether oxygens (including phenoxy) is 1. The van der Waals surface area contributed by atoms with Crippen LogP contribution in [0.15, 0.2) is 53.4 Å². The van der Waals surface area contributed by atoms with E-state index < -0.39 is 10.0 Å². The molecule has 0 aliphatic carbocycles. The van der Waals surface area contributed by atoms with E-state index in [0.29, 0.717) is 18.2 Å². The molecule has 1 aliphatic rings. The second kappa shape index (κ2) is 5.98. The highest BCUT2D eigenvalue weighted by Gasteiger charge is 2.24. The number of rotatable bonds is 4. The number of para-hydroxylation sites is 1. The first-order valence-corrected chi connectivity index (χ1v) is 9.25. The number of aryl methyl sites for hydroxylation is 1. The lowest BCUT2D eigenvalue weighted by Gasteiger charge is -2.18. The highest BCUT2D eigenvalue weighted by Crippen LogP contribution is 2.29. The molecule has 0 fully saturated rings. The molecule has 0 spiro atoms. The molecule has 0 saturated carbocycles. The topological polar surface area (TPSA) is 86.1 Å². The lowest BCUT2D eigenvalue weighted by atomic mass is 10.2. The predicted molar refractivity (Wildman–Crippen MR) is 90.9 cm³/mol.